The van der Waals surface area contributed by atoms with Gasteiger partial charge in [0.15, 0.2) is 0 Å². The zero-order valence-corrected chi connectivity index (χ0v) is 12.7. The molecule has 0 aliphatic heterocycles. The smallest absolute Gasteiger partial charge is 0.266 e. The van der Waals surface area contributed by atoms with E-state index in [1.165, 1.54) is 17.5 Å². The molecule has 2 aromatic heterocycles. The number of thiazole rings is 1. The number of aromatic nitrogens is 2. The van der Waals surface area contributed by atoms with Gasteiger partial charge in [0.1, 0.15) is 11.4 Å². The van der Waals surface area contributed by atoms with E-state index in [0.717, 1.165) is 17.8 Å². The van der Waals surface area contributed by atoms with Gasteiger partial charge in [0.05, 0.1) is 10.7 Å². The van der Waals surface area contributed by atoms with E-state index in [0.29, 0.717) is 11.6 Å². The van der Waals surface area contributed by atoms with E-state index in [9.17, 15) is 13.2 Å². The summed E-state index contributed by atoms with van der Waals surface area (Å²) in [6.45, 7) is 0. The molecule has 0 saturated heterocycles. The number of sulfonamides is 1. The molecule has 3 rings (SSSR count). The van der Waals surface area contributed by atoms with Crippen LogP contribution >= 0.6 is 11.3 Å². The lowest BCUT2D eigenvalue weighted by molar-refractivity contribution is 0.0977. The molecular formula is C13H13N3O3S2. The average molecular weight is 323 g/mol. The van der Waals surface area contributed by atoms with E-state index < -0.39 is 15.9 Å². The lowest BCUT2D eigenvalue weighted by atomic mass is 10.4. The molecule has 0 atom stereocenters. The zero-order valence-electron chi connectivity index (χ0n) is 11.0. The van der Waals surface area contributed by atoms with E-state index in [4.69, 9.17) is 0 Å². The monoisotopic (exact) mass is 323 g/mol. The van der Waals surface area contributed by atoms with Crippen LogP contribution in [0.5, 0.6) is 0 Å². The molecule has 1 aliphatic rings. The number of pyridine rings is 1. The molecule has 0 unspecified atom stereocenters. The summed E-state index contributed by atoms with van der Waals surface area (Å²) in [6, 6.07) is 4.99. The predicted octanol–water partition coefficient (Wildman–Crippen LogP) is 1.68. The largest absolute Gasteiger partial charge is 0.284 e. The molecule has 1 fully saturated rings. The van der Waals surface area contributed by atoms with Crippen molar-refractivity contribution in [3.8, 4) is 0 Å². The van der Waals surface area contributed by atoms with Crippen LogP contribution in [0.15, 0.2) is 29.8 Å². The lowest BCUT2D eigenvalue weighted by Gasteiger charge is -2.04. The van der Waals surface area contributed by atoms with Gasteiger partial charge in [-0.05, 0) is 25.0 Å². The summed E-state index contributed by atoms with van der Waals surface area (Å²) in [6.07, 6.45) is 3.69. The molecule has 6 nitrogen and oxygen atoms in total. The molecule has 2 heterocycles. The van der Waals surface area contributed by atoms with Gasteiger partial charge in [0, 0.05) is 17.5 Å². The number of nitrogens with one attached hydrogen (secondary N) is 1. The van der Waals surface area contributed by atoms with Gasteiger partial charge >= 0.3 is 0 Å². The fourth-order valence-electron chi connectivity index (χ4n) is 1.82. The van der Waals surface area contributed by atoms with Crippen LogP contribution < -0.4 is 4.72 Å². The molecule has 0 aromatic carbocycles. The quantitative estimate of drug-likeness (QED) is 0.904. The van der Waals surface area contributed by atoms with E-state index >= 15 is 0 Å². The molecule has 0 radical (unpaired) electrons. The number of hydrogen-bond donors (Lipinski definition) is 1. The standard InChI is InChI=1S/C13H13N3O3S2/c17-12(11-7-20-13(15-11)9-4-5-9)16-21(18,19)8-10-3-1-2-6-14-10/h1-3,6-7,9H,4-5,8H2,(H,16,17). The van der Waals surface area contributed by atoms with Crippen LogP contribution in [0, 0.1) is 0 Å². The highest BCUT2D eigenvalue weighted by molar-refractivity contribution is 7.89. The average Bonchev–Trinajstić information content (AvgIpc) is 3.16. The lowest BCUT2D eigenvalue weighted by Crippen LogP contribution is -2.32. The molecule has 110 valence electrons. The normalized spacial score (nSPS) is 14.9. The second-order valence-electron chi connectivity index (χ2n) is 4.86. The summed E-state index contributed by atoms with van der Waals surface area (Å²) < 4.78 is 25.9. The van der Waals surface area contributed by atoms with Gasteiger partial charge in [-0.25, -0.2) is 18.1 Å². The molecule has 1 amide bonds. The van der Waals surface area contributed by atoms with Crippen LogP contribution in [0.2, 0.25) is 0 Å². The highest BCUT2D eigenvalue weighted by Gasteiger charge is 2.28. The van der Waals surface area contributed by atoms with Gasteiger partial charge < -0.3 is 0 Å². The Morgan fingerprint density at radius 2 is 2.19 bits per heavy atom. The first-order valence-corrected chi connectivity index (χ1v) is 8.97. The second-order valence-corrected chi connectivity index (χ2v) is 7.47. The van der Waals surface area contributed by atoms with Gasteiger partial charge in [0.2, 0.25) is 10.0 Å². The molecule has 1 saturated carbocycles. The third-order valence-electron chi connectivity index (χ3n) is 2.99. The molecule has 1 aliphatic carbocycles. The molecule has 1 N–H and O–H groups in total. The summed E-state index contributed by atoms with van der Waals surface area (Å²) in [7, 11) is -3.77. The Hall–Kier alpha value is -1.80. The van der Waals surface area contributed by atoms with Crippen LogP contribution in [0.4, 0.5) is 0 Å². The van der Waals surface area contributed by atoms with Crippen molar-refractivity contribution in [2.75, 3.05) is 0 Å². The highest BCUT2D eigenvalue weighted by atomic mass is 32.2. The minimum Gasteiger partial charge on any atom is -0.266 e. The maximum atomic E-state index is 11.9. The zero-order chi connectivity index (χ0) is 14.9. The fraction of sp³-hybridized carbons (Fsp3) is 0.308. The summed E-state index contributed by atoms with van der Waals surface area (Å²) in [4.78, 5) is 20.1. The molecule has 8 heteroatoms. The minimum absolute atomic E-state index is 0.159. The van der Waals surface area contributed by atoms with E-state index in [1.807, 2.05) is 4.72 Å². The van der Waals surface area contributed by atoms with Crippen LogP contribution in [0.25, 0.3) is 0 Å². The Morgan fingerprint density at radius 3 is 2.86 bits per heavy atom. The van der Waals surface area contributed by atoms with Crippen LogP contribution in [-0.2, 0) is 15.8 Å². The minimum atomic E-state index is -3.77. The molecular weight excluding hydrogens is 310 g/mol. The van der Waals surface area contributed by atoms with Gasteiger partial charge in [0.25, 0.3) is 5.91 Å². The van der Waals surface area contributed by atoms with Crippen molar-refractivity contribution in [2.45, 2.75) is 24.5 Å². The first kappa shape index (κ1) is 14.2. The van der Waals surface area contributed by atoms with Crippen molar-refractivity contribution in [1.82, 2.24) is 14.7 Å². The number of hydrogen-bond acceptors (Lipinski definition) is 6. The molecule has 21 heavy (non-hydrogen) atoms. The van der Waals surface area contributed by atoms with Crippen LogP contribution in [0.1, 0.15) is 39.9 Å². The second kappa shape index (κ2) is 5.53. The van der Waals surface area contributed by atoms with Crippen molar-refractivity contribution in [3.05, 3.63) is 46.2 Å². The third kappa shape index (κ3) is 3.64. The van der Waals surface area contributed by atoms with Gasteiger partial charge in [-0.2, -0.15) is 0 Å². The topological polar surface area (TPSA) is 89.0 Å². The Bertz CT molecular complexity index is 752. The number of carbonyl (C=O) groups is 1. The number of rotatable bonds is 5. The van der Waals surface area contributed by atoms with Crippen molar-refractivity contribution in [2.24, 2.45) is 0 Å². The SMILES string of the molecule is O=C(NS(=O)(=O)Cc1ccccn1)c1csc(C2CC2)n1. The number of nitrogens with zero attached hydrogens (tertiary/aromatic N) is 2. The van der Waals surface area contributed by atoms with Crippen LogP contribution in [0.3, 0.4) is 0 Å². The van der Waals surface area contributed by atoms with Crippen molar-refractivity contribution in [3.63, 3.8) is 0 Å². The predicted molar refractivity (Wildman–Crippen MR) is 78.4 cm³/mol. The Labute approximate surface area is 126 Å². The van der Waals surface area contributed by atoms with Gasteiger partial charge in [-0.15, -0.1) is 11.3 Å². The van der Waals surface area contributed by atoms with Crippen molar-refractivity contribution in [1.29, 1.82) is 0 Å². The van der Waals surface area contributed by atoms with E-state index in [-0.39, 0.29) is 11.4 Å². The van der Waals surface area contributed by atoms with Crippen LogP contribution in [-0.4, -0.2) is 24.3 Å². The van der Waals surface area contributed by atoms with Gasteiger partial charge in [-0.1, -0.05) is 6.07 Å². The number of carbonyl (C=O) groups excluding carboxylic acids is 1. The van der Waals surface area contributed by atoms with Gasteiger partial charge in [-0.3, -0.25) is 9.78 Å². The van der Waals surface area contributed by atoms with E-state index in [2.05, 4.69) is 9.97 Å². The molecule has 0 bridgehead atoms. The van der Waals surface area contributed by atoms with Crippen molar-refractivity contribution < 1.29 is 13.2 Å². The maximum absolute atomic E-state index is 11.9. The van der Waals surface area contributed by atoms with E-state index in [1.54, 1.807) is 23.6 Å². The molecule has 2 aromatic rings. The number of amides is 1. The summed E-state index contributed by atoms with van der Waals surface area (Å²) in [5, 5.41) is 2.50. The fourth-order valence-corrected chi connectivity index (χ4v) is 3.81. The molecule has 0 spiro atoms. The first-order valence-electron chi connectivity index (χ1n) is 6.44. The third-order valence-corrected chi connectivity index (χ3v) is 5.17. The Kier molecular flexibility index (Phi) is 3.73. The summed E-state index contributed by atoms with van der Waals surface area (Å²) in [5.74, 6) is -0.574. The Morgan fingerprint density at radius 1 is 1.38 bits per heavy atom. The maximum Gasteiger partial charge on any atom is 0.284 e. The summed E-state index contributed by atoms with van der Waals surface area (Å²) in [5.41, 5.74) is 0.543. The highest BCUT2D eigenvalue weighted by Crippen LogP contribution is 2.41. The Balaban J connectivity index is 1.67. The van der Waals surface area contributed by atoms with Crippen molar-refractivity contribution >= 4 is 27.3 Å². The summed E-state index contributed by atoms with van der Waals surface area (Å²) >= 11 is 1.40. The first-order chi connectivity index (χ1) is 10.0.